The van der Waals surface area contributed by atoms with Gasteiger partial charge in [0.05, 0.1) is 23.4 Å². The van der Waals surface area contributed by atoms with E-state index < -0.39 is 0 Å². The van der Waals surface area contributed by atoms with Crippen molar-refractivity contribution in [2.45, 2.75) is 17.9 Å². The third-order valence-electron chi connectivity index (χ3n) is 2.51. The molecule has 0 spiro atoms. The number of halogens is 1. The number of benzene rings is 1. The second-order valence-corrected chi connectivity index (χ2v) is 5.18. The van der Waals surface area contributed by atoms with E-state index in [9.17, 15) is 4.79 Å². The SMILES string of the molecule is CC(CO)N(C)C(=O)CSc1ccccc1Cl. The molecule has 0 bridgehead atoms. The first-order valence-electron chi connectivity index (χ1n) is 5.30. The fourth-order valence-electron chi connectivity index (χ4n) is 1.17. The fourth-order valence-corrected chi connectivity index (χ4v) is 2.33. The Labute approximate surface area is 111 Å². The molecule has 0 saturated heterocycles. The summed E-state index contributed by atoms with van der Waals surface area (Å²) in [5.74, 6) is 0.307. The first kappa shape index (κ1) is 14.4. The quantitative estimate of drug-likeness (QED) is 0.837. The van der Waals surface area contributed by atoms with Gasteiger partial charge in [0.1, 0.15) is 0 Å². The van der Waals surface area contributed by atoms with Crippen molar-refractivity contribution in [3.63, 3.8) is 0 Å². The van der Waals surface area contributed by atoms with Crippen molar-refractivity contribution in [1.82, 2.24) is 4.90 Å². The highest BCUT2D eigenvalue weighted by molar-refractivity contribution is 8.00. The average molecular weight is 274 g/mol. The highest BCUT2D eigenvalue weighted by Crippen LogP contribution is 2.26. The van der Waals surface area contributed by atoms with Crippen LogP contribution in [0.3, 0.4) is 0 Å². The van der Waals surface area contributed by atoms with Gasteiger partial charge in [0.2, 0.25) is 5.91 Å². The predicted octanol–water partition coefficient (Wildman–Crippen LogP) is 2.27. The van der Waals surface area contributed by atoms with E-state index in [0.29, 0.717) is 10.8 Å². The summed E-state index contributed by atoms with van der Waals surface area (Å²) in [7, 11) is 1.69. The van der Waals surface area contributed by atoms with E-state index in [1.807, 2.05) is 18.2 Å². The standard InChI is InChI=1S/C12H16ClNO2S/c1-9(7-15)14(2)12(16)8-17-11-6-4-3-5-10(11)13/h3-6,9,15H,7-8H2,1-2H3. The summed E-state index contributed by atoms with van der Waals surface area (Å²) in [6, 6.07) is 7.27. The number of amides is 1. The lowest BCUT2D eigenvalue weighted by Crippen LogP contribution is -2.38. The summed E-state index contributed by atoms with van der Waals surface area (Å²) >= 11 is 7.40. The highest BCUT2D eigenvalue weighted by atomic mass is 35.5. The maximum Gasteiger partial charge on any atom is 0.232 e. The molecule has 1 aromatic rings. The lowest BCUT2D eigenvalue weighted by molar-refractivity contribution is -0.129. The predicted molar refractivity (Wildman–Crippen MR) is 71.5 cm³/mol. The minimum Gasteiger partial charge on any atom is -0.394 e. The fraction of sp³-hybridized carbons (Fsp3) is 0.417. The molecule has 0 fully saturated rings. The van der Waals surface area contributed by atoms with Crippen LogP contribution in [0.4, 0.5) is 0 Å². The maximum atomic E-state index is 11.8. The number of carbonyl (C=O) groups is 1. The molecule has 1 aromatic carbocycles. The molecule has 3 nitrogen and oxygen atoms in total. The highest BCUT2D eigenvalue weighted by Gasteiger charge is 2.15. The number of thioether (sulfide) groups is 1. The minimum atomic E-state index is -0.158. The second kappa shape index (κ2) is 6.89. The van der Waals surface area contributed by atoms with Crippen LogP contribution < -0.4 is 0 Å². The van der Waals surface area contributed by atoms with Gasteiger partial charge in [-0.1, -0.05) is 23.7 Å². The second-order valence-electron chi connectivity index (χ2n) is 3.76. The van der Waals surface area contributed by atoms with Gasteiger partial charge in [-0.25, -0.2) is 0 Å². The Balaban J connectivity index is 2.51. The molecular weight excluding hydrogens is 258 g/mol. The first-order valence-corrected chi connectivity index (χ1v) is 6.66. The lowest BCUT2D eigenvalue weighted by Gasteiger charge is -2.22. The zero-order valence-corrected chi connectivity index (χ0v) is 11.5. The van der Waals surface area contributed by atoms with Crippen LogP contribution in [0, 0.1) is 0 Å². The van der Waals surface area contributed by atoms with E-state index in [2.05, 4.69) is 0 Å². The van der Waals surface area contributed by atoms with Gasteiger partial charge in [-0.2, -0.15) is 0 Å². The lowest BCUT2D eigenvalue weighted by atomic mass is 10.3. The van der Waals surface area contributed by atoms with Crippen molar-refractivity contribution in [1.29, 1.82) is 0 Å². The van der Waals surface area contributed by atoms with E-state index in [4.69, 9.17) is 16.7 Å². The molecule has 94 valence electrons. The molecule has 1 atom stereocenters. The number of hydrogen-bond donors (Lipinski definition) is 1. The normalized spacial score (nSPS) is 12.2. The Morgan fingerprint density at radius 3 is 2.76 bits per heavy atom. The summed E-state index contributed by atoms with van der Waals surface area (Å²) in [4.78, 5) is 14.2. The van der Waals surface area contributed by atoms with Crippen LogP contribution in [-0.2, 0) is 4.79 Å². The van der Waals surface area contributed by atoms with E-state index in [-0.39, 0.29) is 18.6 Å². The van der Waals surface area contributed by atoms with Gasteiger partial charge < -0.3 is 10.0 Å². The zero-order chi connectivity index (χ0) is 12.8. The van der Waals surface area contributed by atoms with Crippen LogP contribution in [0.5, 0.6) is 0 Å². The number of likely N-dealkylation sites (N-methyl/N-ethyl adjacent to an activating group) is 1. The van der Waals surface area contributed by atoms with Crippen LogP contribution in [0.1, 0.15) is 6.92 Å². The van der Waals surface area contributed by atoms with Crippen molar-refractivity contribution >= 4 is 29.3 Å². The van der Waals surface area contributed by atoms with Crippen LogP contribution in [0.25, 0.3) is 0 Å². The molecule has 17 heavy (non-hydrogen) atoms. The zero-order valence-electron chi connectivity index (χ0n) is 9.89. The van der Waals surface area contributed by atoms with Gasteiger partial charge in [-0.05, 0) is 19.1 Å². The van der Waals surface area contributed by atoms with Crippen molar-refractivity contribution in [2.24, 2.45) is 0 Å². The number of nitrogens with zero attached hydrogens (tertiary/aromatic N) is 1. The van der Waals surface area contributed by atoms with Gasteiger partial charge >= 0.3 is 0 Å². The van der Waals surface area contributed by atoms with Gasteiger partial charge in [0.15, 0.2) is 0 Å². The minimum absolute atomic E-state index is 0.0172. The molecule has 0 aliphatic heterocycles. The largest absolute Gasteiger partial charge is 0.394 e. The Morgan fingerprint density at radius 2 is 2.18 bits per heavy atom. The maximum absolute atomic E-state index is 11.8. The molecule has 5 heteroatoms. The van der Waals surface area contributed by atoms with Crippen molar-refractivity contribution < 1.29 is 9.90 Å². The summed E-state index contributed by atoms with van der Waals surface area (Å²) in [5, 5.41) is 9.62. The molecule has 1 rings (SSSR count). The third-order valence-corrected chi connectivity index (χ3v) is 4.01. The Bertz CT molecular complexity index is 387. The number of aliphatic hydroxyl groups excluding tert-OH is 1. The summed E-state index contributed by atoms with van der Waals surface area (Å²) in [6.07, 6.45) is 0. The molecule has 0 saturated carbocycles. The van der Waals surface area contributed by atoms with Crippen molar-refractivity contribution in [3.05, 3.63) is 29.3 Å². The summed E-state index contributed by atoms with van der Waals surface area (Å²) in [5.41, 5.74) is 0. The van der Waals surface area contributed by atoms with E-state index >= 15 is 0 Å². The van der Waals surface area contributed by atoms with Gasteiger partial charge in [0.25, 0.3) is 0 Å². The molecule has 0 aromatic heterocycles. The van der Waals surface area contributed by atoms with Crippen LogP contribution >= 0.6 is 23.4 Å². The third kappa shape index (κ3) is 4.22. The van der Waals surface area contributed by atoms with Crippen LogP contribution in [0.2, 0.25) is 5.02 Å². The Morgan fingerprint density at radius 1 is 1.53 bits per heavy atom. The van der Waals surface area contributed by atoms with E-state index in [1.165, 1.54) is 11.8 Å². The number of rotatable bonds is 5. The summed E-state index contributed by atoms with van der Waals surface area (Å²) in [6.45, 7) is 1.77. The number of carbonyl (C=O) groups excluding carboxylic acids is 1. The van der Waals surface area contributed by atoms with Crippen LogP contribution in [-0.4, -0.2) is 41.4 Å². The van der Waals surface area contributed by atoms with E-state index in [1.54, 1.807) is 24.9 Å². The Hall–Kier alpha value is -0.710. The monoisotopic (exact) mass is 273 g/mol. The molecule has 0 radical (unpaired) electrons. The molecule has 1 amide bonds. The van der Waals surface area contributed by atoms with Crippen LogP contribution in [0.15, 0.2) is 29.2 Å². The molecular formula is C12H16ClNO2S. The molecule has 0 aliphatic carbocycles. The Kier molecular flexibility index (Phi) is 5.82. The average Bonchev–Trinajstić information content (AvgIpc) is 2.35. The van der Waals surface area contributed by atoms with Gasteiger partial charge in [-0.15, -0.1) is 11.8 Å². The summed E-state index contributed by atoms with van der Waals surface area (Å²) < 4.78 is 0. The molecule has 0 aliphatic rings. The topological polar surface area (TPSA) is 40.5 Å². The molecule has 1 unspecified atom stereocenters. The van der Waals surface area contributed by atoms with Gasteiger partial charge in [0, 0.05) is 11.9 Å². The number of hydrogen-bond acceptors (Lipinski definition) is 3. The van der Waals surface area contributed by atoms with Crippen molar-refractivity contribution in [3.8, 4) is 0 Å². The number of aliphatic hydroxyl groups is 1. The first-order chi connectivity index (χ1) is 8.06. The molecule has 0 heterocycles. The van der Waals surface area contributed by atoms with Crippen molar-refractivity contribution in [2.75, 3.05) is 19.4 Å². The van der Waals surface area contributed by atoms with Gasteiger partial charge in [-0.3, -0.25) is 4.79 Å². The smallest absolute Gasteiger partial charge is 0.232 e. The van der Waals surface area contributed by atoms with E-state index in [0.717, 1.165) is 4.90 Å². The molecule has 1 N–H and O–H groups in total.